The molecule has 2 aliphatic heterocycles. The number of hydrogen-bond donors (Lipinski definition) is 1. The van der Waals surface area contributed by atoms with E-state index >= 15 is 0 Å². The number of hydrogen-bond acceptors (Lipinski definition) is 4. The standard InChI is InChI=1S/C42H26N4O2/c47-42-28-22-24-35(44-30-14-4-1-11-25(30)26-12-2-5-15-31(26)44)40-36(45-33-17-7-9-19-37(33)48-38-20-10-8-18-34(38)45)23-21-27(39(28)40)41-43-29-13-3-6-16-32(29)46(41)42/h1-24,42,47H. The summed E-state index contributed by atoms with van der Waals surface area (Å²) in [5.74, 6) is 2.34. The summed E-state index contributed by atoms with van der Waals surface area (Å²) >= 11 is 0. The van der Waals surface area contributed by atoms with Crippen molar-refractivity contribution in [3.63, 3.8) is 0 Å². The van der Waals surface area contributed by atoms with Gasteiger partial charge in [0, 0.05) is 32.7 Å². The Balaban J connectivity index is 1.33. The van der Waals surface area contributed by atoms with Crippen LogP contribution in [-0.4, -0.2) is 19.2 Å². The van der Waals surface area contributed by atoms with Crippen molar-refractivity contribution in [3.05, 3.63) is 151 Å². The van der Waals surface area contributed by atoms with Crippen LogP contribution in [0.15, 0.2) is 146 Å². The molecule has 6 heteroatoms. The van der Waals surface area contributed by atoms with E-state index < -0.39 is 6.23 Å². The zero-order valence-electron chi connectivity index (χ0n) is 25.6. The second-order valence-corrected chi connectivity index (χ2v) is 12.5. The first kappa shape index (κ1) is 25.8. The van der Waals surface area contributed by atoms with Crippen LogP contribution in [0.5, 0.6) is 11.5 Å². The van der Waals surface area contributed by atoms with Crippen molar-refractivity contribution in [2.45, 2.75) is 6.23 Å². The van der Waals surface area contributed by atoms with Gasteiger partial charge in [0.15, 0.2) is 17.7 Å². The van der Waals surface area contributed by atoms with Crippen molar-refractivity contribution in [1.82, 2.24) is 14.1 Å². The Morgan fingerprint density at radius 3 is 1.81 bits per heavy atom. The van der Waals surface area contributed by atoms with Crippen LogP contribution in [0, 0.1) is 0 Å². The number of para-hydroxylation sites is 8. The van der Waals surface area contributed by atoms with E-state index in [2.05, 4.69) is 94.4 Å². The van der Waals surface area contributed by atoms with Gasteiger partial charge in [0.05, 0.1) is 44.8 Å². The second-order valence-electron chi connectivity index (χ2n) is 12.5. The highest BCUT2D eigenvalue weighted by Crippen LogP contribution is 2.55. The SMILES string of the molecule is OC1c2ccc(-n3c4ccccc4c4ccccc43)c3c(N4c5ccccc5Oc5ccccc54)ccc(c23)-c2nc3ccccc3n21. The smallest absolute Gasteiger partial charge is 0.159 e. The van der Waals surface area contributed by atoms with Crippen LogP contribution < -0.4 is 9.64 Å². The lowest BCUT2D eigenvalue weighted by Gasteiger charge is -2.35. The minimum absolute atomic E-state index is 0.759. The Morgan fingerprint density at radius 1 is 0.521 bits per heavy atom. The molecule has 4 heterocycles. The molecule has 11 rings (SSSR count). The number of fused-ring (bicyclic) bond motifs is 9. The van der Waals surface area contributed by atoms with Gasteiger partial charge in [0.1, 0.15) is 5.82 Å². The summed E-state index contributed by atoms with van der Waals surface area (Å²) in [6.45, 7) is 0. The van der Waals surface area contributed by atoms with Gasteiger partial charge in [-0.05, 0) is 66.7 Å². The Hall–Kier alpha value is -6.37. The molecule has 0 bridgehead atoms. The molecule has 0 spiro atoms. The fourth-order valence-corrected chi connectivity index (χ4v) is 8.03. The van der Waals surface area contributed by atoms with Gasteiger partial charge in [-0.15, -0.1) is 0 Å². The van der Waals surface area contributed by atoms with Crippen LogP contribution in [0.4, 0.5) is 17.1 Å². The second kappa shape index (κ2) is 9.35. The van der Waals surface area contributed by atoms with Gasteiger partial charge in [0.25, 0.3) is 0 Å². The number of rotatable bonds is 2. The third-order valence-electron chi connectivity index (χ3n) is 10.0. The molecular formula is C42H26N4O2. The van der Waals surface area contributed by atoms with Gasteiger partial charge in [-0.3, -0.25) is 4.57 Å². The van der Waals surface area contributed by atoms with Crippen molar-refractivity contribution in [2.24, 2.45) is 0 Å². The molecule has 6 nitrogen and oxygen atoms in total. The Morgan fingerprint density at radius 2 is 1.10 bits per heavy atom. The predicted octanol–water partition coefficient (Wildman–Crippen LogP) is 10.4. The molecule has 2 aromatic heterocycles. The highest BCUT2D eigenvalue weighted by Gasteiger charge is 2.34. The van der Waals surface area contributed by atoms with Gasteiger partial charge in [0.2, 0.25) is 0 Å². The molecule has 1 atom stereocenters. The summed E-state index contributed by atoms with van der Waals surface area (Å²) in [5.41, 5.74) is 9.77. The van der Waals surface area contributed by atoms with E-state index in [1.807, 2.05) is 65.2 Å². The third-order valence-corrected chi connectivity index (χ3v) is 10.0. The molecule has 48 heavy (non-hydrogen) atoms. The highest BCUT2D eigenvalue weighted by molar-refractivity contribution is 6.16. The van der Waals surface area contributed by atoms with E-state index in [1.54, 1.807) is 0 Å². The van der Waals surface area contributed by atoms with E-state index in [-0.39, 0.29) is 0 Å². The van der Waals surface area contributed by atoms with Gasteiger partial charge < -0.3 is 19.3 Å². The fourth-order valence-electron chi connectivity index (χ4n) is 8.03. The summed E-state index contributed by atoms with van der Waals surface area (Å²) in [7, 11) is 0. The first-order chi connectivity index (χ1) is 23.8. The first-order valence-electron chi connectivity index (χ1n) is 16.2. The molecule has 0 saturated carbocycles. The number of anilines is 3. The summed E-state index contributed by atoms with van der Waals surface area (Å²) in [6.07, 6.45) is -0.908. The molecule has 0 amide bonds. The van der Waals surface area contributed by atoms with Crippen LogP contribution in [-0.2, 0) is 0 Å². The molecule has 226 valence electrons. The molecule has 0 radical (unpaired) electrons. The summed E-state index contributed by atoms with van der Waals surface area (Å²) in [6, 6.07) is 50.2. The zero-order chi connectivity index (χ0) is 31.5. The summed E-state index contributed by atoms with van der Waals surface area (Å²) in [5, 5.41) is 16.6. The Labute approximate surface area is 274 Å². The maximum atomic E-state index is 12.2. The lowest BCUT2D eigenvalue weighted by Crippen LogP contribution is -2.19. The topological polar surface area (TPSA) is 55.4 Å². The molecule has 1 N–H and O–H groups in total. The van der Waals surface area contributed by atoms with Gasteiger partial charge in [-0.1, -0.05) is 78.9 Å². The summed E-state index contributed by atoms with van der Waals surface area (Å²) < 4.78 is 10.8. The monoisotopic (exact) mass is 618 g/mol. The minimum atomic E-state index is -0.908. The normalized spacial score (nSPS) is 14.7. The van der Waals surface area contributed by atoms with Gasteiger partial charge in [-0.2, -0.15) is 0 Å². The van der Waals surface area contributed by atoms with Crippen molar-refractivity contribution >= 4 is 60.7 Å². The van der Waals surface area contributed by atoms with Crippen LogP contribution in [0.3, 0.4) is 0 Å². The van der Waals surface area contributed by atoms with E-state index in [9.17, 15) is 5.11 Å². The molecule has 0 aliphatic carbocycles. The molecule has 9 aromatic rings. The van der Waals surface area contributed by atoms with Crippen molar-refractivity contribution in [2.75, 3.05) is 4.90 Å². The number of aromatic nitrogens is 3. The fraction of sp³-hybridized carbons (Fsp3) is 0.0238. The van der Waals surface area contributed by atoms with Gasteiger partial charge in [-0.25, -0.2) is 4.98 Å². The van der Waals surface area contributed by atoms with Crippen LogP contribution in [0.2, 0.25) is 0 Å². The van der Waals surface area contributed by atoms with Crippen molar-refractivity contribution in [1.29, 1.82) is 0 Å². The van der Waals surface area contributed by atoms with E-state index in [1.165, 1.54) is 10.8 Å². The average Bonchev–Trinajstić information content (AvgIpc) is 3.69. The molecular weight excluding hydrogens is 592 g/mol. The number of imidazole rings is 1. The number of benzene rings is 7. The van der Waals surface area contributed by atoms with E-state index in [4.69, 9.17) is 9.72 Å². The first-order valence-corrected chi connectivity index (χ1v) is 16.2. The number of aliphatic hydroxyl groups excluding tert-OH is 1. The van der Waals surface area contributed by atoms with Crippen molar-refractivity contribution < 1.29 is 9.84 Å². The summed E-state index contributed by atoms with van der Waals surface area (Å²) in [4.78, 5) is 7.40. The van der Waals surface area contributed by atoms with Crippen LogP contribution in [0.1, 0.15) is 11.8 Å². The predicted molar refractivity (Wildman–Crippen MR) is 192 cm³/mol. The minimum Gasteiger partial charge on any atom is -0.453 e. The van der Waals surface area contributed by atoms with Crippen molar-refractivity contribution in [3.8, 4) is 28.6 Å². The number of ether oxygens (including phenoxy) is 1. The Kier molecular flexibility index (Phi) is 5.02. The number of nitrogens with zero attached hydrogens (tertiary/aromatic N) is 4. The third kappa shape index (κ3) is 3.26. The molecule has 0 fully saturated rings. The molecule has 1 unspecified atom stereocenters. The lowest BCUT2D eigenvalue weighted by molar-refractivity contribution is 0.152. The van der Waals surface area contributed by atoms with E-state index in [0.717, 1.165) is 84.0 Å². The van der Waals surface area contributed by atoms with Crippen LogP contribution in [0.25, 0.3) is 60.7 Å². The average molecular weight is 619 g/mol. The zero-order valence-corrected chi connectivity index (χ0v) is 25.6. The highest BCUT2D eigenvalue weighted by atomic mass is 16.5. The van der Waals surface area contributed by atoms with Gasteiger partial charge >= 0.3 is 0 Å². The Bertz CT molecular complexity index is 2710. The lowest BCUT2D eigenvalue weighted by atomic mass is 9.91. The quantitative estimate of drug-likeness (QED) is 0.209. The number of aliphatic hydroxyl groups is 1. The maximum absolute atomic E-state index is 12.2. The molecule has 2 aliphatic rings. The van der Waals surface area contributed by atoms with Crippen LogP contribution >= 0.6 is 0 Å². The maximum Gasteiger partial charge on any atom is 0.159 e. The van der Waals surface area contributed by atoms with E-state index in [0.29, 0.717) is 0 Å². The largest absolute Gasteiger partial charge is 0.453 e. The molecule has 7 aromatic carbocycles. The molecule has 0 saturated heterocycles.